The first kappa shape index (κ1) is 25.7. The van der Waals surface area contributed by atoms with Crippen molar-refractivity contribution >= 4 is 23.4 Å². The lowest BCUT2D eigenvalue weighted by Gasteiger charge is -2.31. The fourth-order valence-electron chi connectivity index (χ4n) is 3.68. The summed E-state index contributed by atoms with van der Waals surface area (Å²) < 4.78 is 5.38. The minimum absolute atomic E-state index is 0.0175. The van der Waals surface area contributed by atoms with Gasteiger partial charge in [-0.1, -0.05) is 63.6 Å². The molecule has 0 aromatic heterocycles. The molecule has 0 aliphatic heterocycles. The van der Waals surface area contributed by atoms with Gasteiger partial charge in [-0.25, -0.2) is 0 Å². The zero-order valence-electron chi connectivity index (χ0n) is 19.5. The van der Waals surface area contributed by atoms with Crippen molar-refractivity contribution in [3.8, 4) is 5.75 Å². The molecule has 2 N–H and O–H groups in total. The van der Waals surface area contributed by atoms with Gasteiger partial charge in [0.15, 0.2) is 0 Å². The Morgan fingerprint density at radius 2 is 1.75 bits per heavy atom. The molecule has 0 bridgehead atoms. The van der Waals surface area contributed by atoms with Crippen LogP contribution in [0.4, 0.5) is 0 Å². The van der Waals surface area contributed by atoms with Crippen LogP contribution in [0.3, 0.4) is 0 Å². The maximum atomic E-state index is 13.1. The topological polar surface area (TPSA) is 70.7 Å². The van der Waals surface area contributed by atoms with Crippen LogP contribution in [0, 0.1) is 5.92 Å². The molecule has 2 aromatic carbocycles. The molecule has 2 rings (SSSR count). The molecule has 0 spiro atoms. The largest absolute Gasteiger partial charge is 0.497 e. The maximum Gasteiger partial charge on any atom is 0.253 e. The summed E-state index contributed by atoms with van der Waals surface area (Å²) in [5, 5.41) is 6.25. The Kier molecular flexibility index (Phi) is 10.0. The molecule has 2 atom stereocenters. The number of rotatable bonds is 11. The third-order valence-corrected chi connectivity index (χ3v) is 5.89. The first-order chi connectivity index (χ1) is 15.3. The number of nitrogens with zero attached hydrogens (tertiary/aromatic N) is 1. The molecular weight excluding hydrogens is 426 g/mol. The van der Waals surface area contributed by atoms with Crippen LogP contribution < -0.4 is 15.4 Å². The number of hydrogen-bond acceptors (Lipinski definition) is 4. The van der Waals surface area contributed by atoms with Crippen molar-refractivity contribution in [2.45, 2.75) is 39.8 Å². The number of benzene rings is 2. The second kappa shape index (κ2) is 12.5. The lowest BCUT2D eigenvalue weighted by Crippen LogP contribution is -2.51. The summed E-state index contributed by atoms with van der Waals surface area (Å²) in [6, 6.07) is 14.0. The first-order valence-electron chi connectivity index (χ1n) is 11.0. The van der Waals surface area contributed by atoms with Gasteiger partial charge in [-0.2, -0.15) is 0 Å². The molecule has 0 heterocycles. The molecule has 174 valence electrons. The lowest BCUT2D eigenvalue weighted by atomic mass is 10.0. The summed E-state index contributed by atoms with van der Waals surface area (Å²) in [7, 11) is 1.64. The first-order valence-corrected chi connectivity index (χ1v) is 11.4. The van der Waals surface area contributed by atoms with E-state index in [4.69, 9.17) is 16.3 Å². The van der Waals surface area contributed by atoms with E-state index >= 15 is 0 Å². The number of ether oxygens (including phenoxy) is 1. The number of nitrogens with one attached hydrogen (secondary N) is 2. The van der Waals surface area contributed by atoms with E-state index in [0.29, 0.717) is 17.1 Å². The number of carbonyl (C=O) groups is 2. The lowest BCUT2D eigenvalue weighted by molar-refractivity contribution is -0.124. The van der Waals surface area contributed by atoms with Gasteiger partial charge in [0.2, 0.25) is 5.91 Å². The predicted molar refractivity (Wildman–Crippen MR) is 129 cm³/mol. The Balaban J connectivity index is 2.16. The van der Waals surface area contributed by atoms with Gasteiger partial charge in [0, 0.05) is 6.54 Å². The number of amides is 2. The highest BCUT2D eigenvalue weighted by molar-refractivity contribution is 6.33. The van der Waals surface area contributed by atoms with Crippen molar-refractivity contribution in [1.29, 1.82) is 0 Å². The van der Waals surface area contributed by atoms with E-state index in [1.54, 1.807) is 31.4 Å². The molecule has 2 amide bonds. The molecule has 0 saturated heterocycles. The van der Waals surface area contributed by atoms with Crippen molar-refractivity contribution in [3.05, 3.63) is 64.7 Å². The number of carbonyl (C=O) groups excluding carboxylic acids is 2. The summed E-state index contributed by atoms with van der Waals surface area (Å²) >= 11 is 6.15. The number of halogens is 1. The van der Waals surface area contributed by atoms with Gasteiger partial charge in [-0.15, -0.1) is 0 Å². The third kappa shape index (κ3) is 6.71. The Labute approximate surface area is 196 Å². The summed E-state index contributed by atoms with van der Waals surface area (Å²) in [6.45, 7) is 10.1. The van der Waals surface area contributed by atoms with Crippen molar-refractivity contribution in [2.24, 2.45) is 5.92 Å². The Morgan fingerprint density at radius 1 is 1.06 bits per heavy atom. The van der Waals surface area contributed by atoms with E-state index in [2.05, 4.69) is 29.4 Å². The third-order valence-electron chi connectivity index (χ3n) is 5.56. The smallest absolute Gasteiger partial charge is 0.253 e. The molecule has 0 saturated carbocycles. The van der Waals surface area contributed by atoms with Crippen molar-refractivity contribution < 1.29 is 14.3 Å². The molecule has 32 heavy (non-hydrogen) atoms. The SMILES string of the molecule is CCN(CC)C(CNC(=O)C(NC(=O)c1ccccc1Cl)C(C)C)c1cccc(OC)c1. The Bertz CT molecular complexity index is 900. The molecule has 2 aromatic rings. The molecule has 2 unspecified atom stereocenters. The maximum absolute atomic E-state index is 13.1. The van der Waals surface area contributed by atoms with Crippen LogP contribution in [0.1, 0.15) is 49.7 Å². The zero-order chi connectivity index (χ0) is 23.7. The van der Waals surface area contributed by atoms with E-state index < -0.39 is 6.04 Å². The van der Waals surface area contributed by atoms with Crippen LogP contribution in [0.15, 0.2) is 48.5 Å². The zero-order valence-corrected chi connectivity index (χ0v) is 20.3. The van der Waals surface area contributed by atoms with Crippen molar-refractivity contribution in [1.82, 2.24) is 15.5 Å². The number of likely N-dealkylation sites (N-methyl/N-ethyl adjacent to an activating group) is 1. The monoisotopic (exact) mass is 459 g/mol. The number of hydrogen-bond donors (Lipinski definition) is 2. The molecule has 6 nitrogen and oxygen atoms in total. The summed E-state index contributed by atoms with van der Waals surface area (Å²) in [5.41, 5.74) is 1.42. The second-order valence-corrected chi connectivity index (χ2v) is 8.34. The molecule has 7 heteroatoms. The van der Waals surface area contributed by atoms with Gasteiger partial charge in [0.1, 0.15) is 11.8 Å². The summed E-state index contributed by atoms with van der Waals surface area (Å²) in [4.78, 5) is 28.1. The highest BCUT2D eigenvalue weighted by atomic mass is 35.5. The van der Waals surface area contributed by atoms with Crippen LogP contribution in [0.2, 0.25) is 5.02 Å². The molecule has 0 fully saturated rings. The number of methoxy groups -OCH3 is 1. The van der Waals surface area contributed by atoms with E-state index in [0.717, 1.165) is 24.4 Å². The Hall–Kier alpha value is -2.57. The van der Waals surface area contributed by atoms with Gasteiger partial charge in [0.25, 0.3) is 5.91 Å². The van der Waals surface area contributed by atoms with E-state index in [1.165, 1.54) is 0 Å². The van der Waals surface area contributed by atoms with Crippen LogP contribution in [0.25, 0.3) is 0 Å². The molecular formula is C25H34ClN3O3. The quantitative estimate of drug-likeness (QED) is 0.525. The van der Waals surface area contributed by atoms with E-state index in [-0.39, 0.29) is 23.8 Å². The van der Waals surface area contributed by atoms with Crippen LogP contribution in [-0.2, 0) is 4.79 Å². The molecule has 0 radical (unpaired) electrons. The minimum atomic E-state index is -0.679. The molecule has 0 aliphatic rings. The van der Waals surface area contributed by atoms with E-state index in [9.17, 15) is 9.59 Å². The molecule has 0 aliphatic carbocycles. The van der Waals surface area contributed by atoms with Gasteiger partial charge in [-0.05, 0) is 48.8 Å². The van der Waals surface area contributed by atoms with E-state index in [1.807, 2.05) is 38.1 Å². The second-order valence-electron chi connectivity index (χ2n) is 7.93. The van der Waals surface area contributed by atoms with Gasteiger partial charge in [0.05, 0.1) is 23.7 Å². The highest BCUT2D eigenvalue weighted by Crippen LogP contribution is 2.24. The van der Waals surface area contributed by atoms with Gasteiger partial charge < -0.3 is 15.4 Å². The predicted octanol–water partition coefficient (Wildman–Crippen LogP) is 4.30. The van der Waals surface area contributed by atoms with Crippen molar-refractivity contribution in [3.63, 3.8) is 0 Å². The average molecular weight is 460 g/mol. The Morgan fingerprint density at radius 3 is 2.34 bits per heavy atom. The standard InChI is InChI=1S/C25H34ClN3O3/c1-6-29(7-2)22(18-11-10-12-19(15-18)32-5)16-27-25(31)23(17(3)4)28-24(30)20-13-8-9-14-21(20)26/h8-15,17,22-23H,6-7,16H2,1-5H3,(H,27,31)(H,28,30). The van der Waals surface area contributed by atoms with Gasteiger partial charge >= 0.3 is 0 Å². The fraction of sp³-hybridized carbons (Fsp3) is 0.440. The van der Waals surface area contributed by atoms with Crippen LogP contribution >= 0.6 is 11.6 Å². The van der Waals surface area contributed by atoms with Gasteiger partial charge in [-0.3, -0.25) is 14.5 Å². The van der Waals surface area contributed by atoms with Crippen molar-refractivity contribution in [2.75, 3.05) is 26.7 Å². The summed E-state index contributed by atoms with van der Waals surface area (Å²) in [6.07, 6.45) is 0. The summed E-state index contributed by atoms with van der Waals surface area (Å²) in [5.74, 6) is 0.0983. The normalized spacial score (nSPS) is 13.0. The van der Waals surface area contributed by atoms with Crippen LogP contribution in [0.5, 0.6) is 5.75 Å². The minimum Gasteiger partial charge on any atom is -0.497 e. The average Bonchev–Trinajstić information content (AvgIpc) is 2.79. The van der Waals surface area contributed by atoms with Crippen LogP contribution in [-0.4, -0.2) is 49.5 Å². The highest BCUT2D eigenvalue weighted by Gasteiger charge is 2.27. The fourth-order valence-corrected chi connectivity index (χ4v) is 3.90.